The summed E-state index contributed by atoms with van der Waals surface area (Å²) < 4.78 is 5.48. The number of aliphatic hydroxyl groups excluding tert-OH is 2. The Labute approximate surface area is 426 Å². The molecule has 0 aliphatic heterocycles. The first-order valence-corrected chi connectivity index (χ1v) is 31.3. The highest BCUT2D eigenvalue weighted by atomic mass is 16.5. The molecule has 0 spiro atoms. The summed E-state index contributed by atoms with van der Waals surface area (Å²) in [4.78, 5) is 24.5. The van der Waals surface area contributed by atoms with Crippen LogP contribution in [0.1, 0.15) is 361 Å². The minimum absolute atomic E-state index is 0.0150. The van der Waals surface area contributed by atoms with E-state index in [2.05, 4.69) is 19.2 Å². The zero-order valence-corrected chi connectivity index (χ0v) is 46.4. The van der Waals surface area contributed by atoms with Gasteiger partial charge in [-0.3, -0.25) is 9.59 Å². The van der Waals surface area contributed by atoms with Crippen molar-refractivity contribution in [3.63, 3.8) is 0 Å². The van der Waals surface area contributed by atoms with Crippen molar-refractivity contribution < 1.29 is 24.5 Å². The minimum atomic E-state index is -0.663. The van der Waals surface area contributed by atoms with Crippen molar-refractivity contribution in [1.82, 2.24) is 5.32 Å². The van der Waals surface area contributed by atoms with Gasteiger partial charge in [-0.15, -0.1) is 0 Å². The molecule has 0 fully saturated rings. The van der Waals surface area contributed by atoms with Gasteiger partial charge in [0, 0.05) is 12.8 Å². The van der Waals surface area contributed by atoms with E-state index in [1.165, 1.54) is 289 Å². The van der Waals surface area contributed by atoms with Crippen LogP contribution in [0.3, 0.4) is 0 Å². The summed E-state index contributed by atoms with van der Waals surface area (Å²) >= 11 is 0. The van der Waals surface area contributed by atoms with Crippen molar-refractivity contribution in [2.75, 3.05) is 13.2 Å². The third-order valence-corrected chi connectivity index (χ3v) is 14.9. The average molecular weight is 963 g/mol. The summed E-state index contributed by atoms with van der Waals surface area (Å²) in [6.45, 7) is 4.98. The van der Waals surface area contributed by atoms with E-state index in [1.54, 1.807) is 0 Å². The van der Waals surface area contributed by atoms with Gasteiger partial charge in [-0.25, -0.2) is 0 Å². The lowest BCUT2D eigenvalue weighted by molar-refractivity contribution is -0.143. The van der Waals surface area contributed by atoms with E-state index < -0.39 is 12.1 Å². The van der Waals surface area contributed by atoms with Crippen LogP contribution in [-0.2, 0) is 14.3 Å². The number of ether oxygens (including phenoxy) is 1. The van der Waals surface area contributed by atoms with Gasteiger partial charge in [0.15, 0.2) is 0 Å². The Morgan fingerprint density at radius 1 is 0.353 bits per heavy atom. The van der Waals surface area contributed by atoms with E-state index in [0.29, 0.717) is 25.9 Å². The van der Waals surface area contributed by atoms with E-state index in [0.717, 1.165) is 38.5 Å². The zero-order valence-electron chi connectivity index (χ0n) is 46.4. The Kier molecular flexibility index (Phi) is 57.5. The maximum Gasteiger partial charge on any atom is 0.305 e. The number of hydrogen-bond donors (Lipinski definition) is 3. The van der Waals surface area contributed by atoms with E-state index >= 15 is 0 Å². The van der Waals surface area contributed by atoms with Crippen LogP contribution < -0.4 is 5.32 Å². The first kappa shape index (κ1) is 66.9. The van der Waals surface area contributed by atoms with Crippen molar-refractivity contribution >= 4 is 11.9 Å². The number of esters is 1. The first-order valence-electron chi connectivity index (χ1n) is 31.3. The van der Waals surface area contributed by atoms with Crippen LogP contribution in [0, 0.1) is 0 Å². The highest BCUT2D eigenvalue weighted by Gasteiger charge is 2.20. The molecule has 0 bridgehead atoms. The molecule has 68 heavy (non-hydrogen) atoms. The van der Waals surface area contributed by atoms with Gasteiger partial charge < -0.3 is 20.3 Å². The number of amides is 1. The number of aliphatic hydroxyl groups is 2. The molecular formula is C62H123NO5. The second kappa shape index (κ2) is 58.4. The predicted octanol–water partition coefficient (Wildman–Crippen LogP) is 19.5. The fourth-order valence-electron chi connectivity index (χ4n) is 10.1. The lowest BCUT2D eigenvalue weighted by Crippen LogP contribution is -2.45. The van der Waals surface area contributed by atoms with Gasteiger partial charge in [0.25, 0.3) is 0 Å². The Balaban J connectivity index is 3.37. The molecule has 1 amide bonds. The van der Waals surface area contributed by atoms with Gasteiger partial charge in [-0.1, -0.05) is 322 Å². The number of rotatable bonds is 59. The van der Waals surface area contributed by atoms with Gasteiger partial charge in [0.2, 0.25) is 5.91 Å². The molecule has 6 nitrogen and oxygen atoms in total. The molecule has 406 valence electrons. The summed E-state index contributed by atoms with van der Waals surface area (Å²) in [6, 6.07) is -0.540. The molecule has 0 rings (SSSR count). The molecule has 0 saturated carbocycles. The Morgan fingerprint density at radius 3 is 0.897 bits per heavy atom. The number of hydrogen-bond acceptors (Lipinski definition) is 5. The lowest BCUT2D eigenvalue weighted by atomic mass is 10.0. The molecule has 0 heterocycles. The maximum absolute atomic E-state index is 12.5. The quantitative estimate of drug-likeness (QED) is 0.0417. The monoisotopic (exact) mass is 962 g/mol. The van der Waals surface area contributed by atoms with Gasteiger partial charge in [0.1, 0.15) is 0 Å². The van der Waals surface area contributed by atoms with E-state index in [-0.39, 0.29) is 18.5 Å². The molecule has 3 N–H and O–H groups in total. The summed E-state index contributed by atoms with van der Waals surface area (Å²) in [5, 5.41) is 23.3. The van der Waals surface area contributed by atoms with Gasteiger partial charge in [0.05, 0.1) is 25.4 Å². The molecule has 6 heteroatoms. The van der Waals surface area contributed by atoms with Crippen LogP contribution in [0.25, 0.3) is 0 Å². The van der Waals surface area contributed by atoms with Crippen molar-refractivity contribution in [3.05, 3.63) is 0 Å². The number of unbranched alkanes of at least 4 members (excludes halogenated alkanes) is 48. The summed E-state index contributed by atoms with van der Waals surface area (Å²) in [6.07, 6.45) is 68.2. The summed E-state index contributed by atoms with van der Waals surface area (Å²) in [5.74, 6) is -0.0163. The zero-order chi connectivity index (χ0) is 49.3. The largest absolute Gasteiger partial charge is 0.466 e. The van der Waals surface area contributed by atoms with Crippen molar-refractivity contribution in [3.8, 4) is 0 Å². The normalized spacial score (nSPS) is 12.5. The van der Waals surface area contributed by atoms with Gasteiger partial charge >= 0.3 is 5.97 Å². The second-order valence-electron chi connectivity index (χ2n) is 21.8. The average Bonchev–Trinajstić information content (AvgIpc) is 3.34. The highest BCUT2D eigenvalue weighted by molar-refractivity contribution is 5.76. The molecule has 0 aromatic rings. The van der Waals surface area contributed by atoms with E-state index in [4.69, 9.17) is 4.74 Å². The van der Waals surface area contributed by atoms with Crippen molar-refractivity contribution in [2.45, 2.75) is 373 Å². The van der Waals surface area contributed by atoms with Crippen LogP contribution in [0.4, 0.5) is 0 Å². The molecule has 0 aliphatic rings. The Morgan fingerprint density at radius 2 is 0.603 bits per heavy atom. The van der Waals surface area contributed by atoms with Crippen LogP contribution in [0.2, 0.25) is 0 Å². The Hall–Kier alpha value is -1.14. The second-order valence-corrected chi connectivity index (χ2v) is 21.8. The van der Waals surface area contributed by atoms with Gasteiger partial charge in [-0.05, 0) is 25.7 Å². The number of carbonyl (C=O) groups excluding carboxylic acids is 2. The van der Waals surface area contributed by atoms with E-state index in [9.17, 15) is 19.8 Å². The van der Waals surface area contributed by atoms with Crippen LogP contribution in [-0.4, -0.2) is 47.4 Å². The predicted molar refractivity (Wildman–Crippen MR) is 297 cm³/mol. The van der Waals surface area contributed by atoms with Crippen LogP contribution >= 0.6 is 0 Å². The smallest absolute Gasteiger partial charge is 0.305 e. The fraction of sp³-hybridized carbons (Fsp3) is 0.968. The van der Waals surface area contributed by atoms with E-state index in [1.807, 2.05) is 0 Å². The molecule has 2 unspecified atom stereocenters. The third kappa shape index (κ3) is 54.2. The standard InChI is InChI=1S/C62H123NO5/c1-3-5-7-9-11-13-15-17-18-25-28-31-34-38-42-46-50-54-60(65)59(58-64)63-61(66)55-51-47-43-39-35-32-29-26-23-21-19-20-22-24-27-30-33-37-41-45-49-53-57-68-62(67)56-52-48-44-40-36-16-14-12-10-8-6-4-2/h59-60,64-65H,3-58H2,1-2H3,(H,63,66). The van der Waals surface area contributed by atoms with Crippen LogP contribution in [0.5, 0.6) is 0 Å². The molecule has 0 aliphatic carbocycles. The Bertz CT molecular complexity index is 975. The van der Waals surface area contributed by atoms with Crippen LogP contribution in [0.15, 0.2) is 0 Å². The summed E-state index contributed by atoms with van der Waals surface area (Å²) in [7, 11) is 0. The minimum Gasteiger partial charge on any atom is -0.466 e. The highest BCUT2D eigenvalue weighted by Crippen LogP contribution is 2.19. The molecule has 0 aromatic heterocycles. The SMILES string of the molecule is CCCCCCCCCCCCCCCCCCCC(O)C(CO)NC(=O)CCCCCCCCCCCCCCCCCCCCCCCCOC(=O)CCCCCCCCCCCCCC. The topological polar surface area (TPSA) is 95.9 Å². The molecule has 0 aromatic carbocycles. The molecule has 2 atom stereocenters. The lowest BCUT2D eigenvalue weighted by Gasteiger charge is -2.22. The molecular weight excluding hydrogens is 839 g/mol. The van der Waals surface area contributed by atoms with Gasteiger partial charge in [-0.2, -0.15) is 0 Å². The van der Waals surface area contributed by atoms with Crippen molar-refractivity contribution in [2.24, 2.45) is 0 Å². The third-order valence-electron chi connectivity index (χ3n) is 14.9. The maximum atomic E-state index is 12.5. The summed E-state index contributed by atoms with van der Waals surface area (Å²) in [5.41, 5.74) is 0. The first-order chi connectivity index (χ1) is 33.5. The number of carbonyl (C=O) groups is 2. The number of nitrogens with one attached hydrogen (secondary N) is 1. The molecule has 0 saturated heterocycles. The van der Waals surface area contributed by atoms with Crippen molar-refractivity contribution in [1.29, 1.82) is 0 Å². The fourth-order valence-corrected chi connectivity index (χ4v) is 10.1. The molecule has 0 radical (unpaired) electrons.